The number of hydrogen-bond donors (Lipinski definition) is 2. The first-order chi connectivity index (χ1) is 3.64. The first kappa shape index (κ1) is 10.4. The van der Waals surface area contributed by atoms with Gasteiger partial charge in [-0.15, -0.1) is 0 Å². The fraction of sp³-hybridized carbons (Fsp3) is 0.800. The van der Waals surface area contributed by atoms with E-state index in [-0.39, 0.29) is 0 Å². The van der Waals surface area contributed by atoms with Crippen molar-refractivity contribution in [2.45, 2.75) is 26.8 Å². The Morgan fingerprint density at radius 2 is 1.75 bits per heavy atom. The van der Waals surface area contributed by atoms with Crippen LogP contribution < -0.4 is 5.73 Å². The van der Waals surface area contributed by atoms with Gasteiger partial charge in [-0.3, -0.25) is 4.79 Å². The maximum atomic E-state index is 9.57. The molecule has 3 heteroatoms. The summed E-state index contributed by atoms with van der Waals surface area (Å²) in [5, 5.41) is 7.87. The smallest absolute Gasteiger partial charge is 0.320 e. The Hall–Kier alpha value is -0.570. The number of carboxylic acids is 1. The second-order valence-corrected chi connectivity index (χ2v) is 1.13. The van der Waals surface area contributed by atoms with E-state index in [1.807, 2.05) is 13.8 Å². The van der Waals surface area contributed by atoms with Crippen molar-refractivity contribution in [2.75, 3.05) is 0 Å². The quantitative estimate of drug-likeness (QED) is 0.526. The number of aliphatic carboxylic acids is 1. The Morgan fingerprint density at radius 3 is 1.75 bits per heavy atom. The van der Waals surface area contributed by atoms with Crippen molar-refractivity contribution in [1.82, 2.24) is 0 Å². The number of nitrogens with two attached hydrogens (primary N) is 1. The van der Waals surface area contributed by atoms with Crippen LogP contribution in [0.5, 0.6) is 0 Å². The predicted octanol–water partition coefficient (Wildman–Crippen LogP) is 0.444. The highest BCUT2D eigenvalue weighted by Gasteiger charge is 1.99. The normalized spacial score (nSPS) is 11.0. The predicted molar refractivity (Wildman–Crippen MR) is 32.6 cm³/mol. The minimum absolute atomic E-state index is 0.731. The molecule has 0 aliphatic rings. The van der Waals surface area contributed by atoms with E-state index in [9.17, 15) is 4.79 Å². The third kappa shape index (κ3) is 9.06. The lowest BCUT2D eigenvalue weighted by molar-refractivity contribution is -0.138. The summed E-state index contributed by atoms with van der Waals surface area (Å²) < 4.78 is 0. The molecule has 1 unspecified atom stereocenters. The molecule has 0 spiro atoms. The maximum Gasteiger partial charge on any atom is 0.320 e. The summed E-state index contributed by atoms with van der Waals surface area (Å²) in [6, 6.07) is -0.731. The van der Waals surface area contributed by atoms with Gasteiger partial charge in [-0.25, -0.2) is 0 Å². The van der Waals surface area contributed by atoms with Gasteiger partial charge in [-0.2, -0.15) is 0 Å². The molecule has 8 heavy (non-hydrogen) atoms. The molecule has 50 valence electrons. The standard InChI is InChI=1S/C3H7NO2.C2H6/c1-2(4)3(5)6;1-2/h2H,4H2,1H3,(H,5,6);1-2H3. The molecule has 0 aromatic heterocycles. The lowest BCUT2D eigenvalue weighted by atomic mass is 10.4. The molecular formula is C5H13NO2. The van der Waals surface area contributed by atoms with Gasteiger partial charge in [0.15, 0.2) is 0 Å². The molecule has 0 amide bonds. The average Bonchev–Trinajstić information content (AvgIpc) is 1.72. The zero-order chi connectivity index (χ0) is 7.15. The number of carbonyl (C=O) groups is 1. The lowest BCUT2D eigenvalue weighted by Crippen LogP contribution is -2.25. The number of carboxylic acid groups (broad SMARTS) is 1. The molecule has 0 aromatic carbocycles. The first-order valence-corrected chi connectivity index (χ1v) is 2.63. The topological polar surface area (TPSA) is 63.3 Å². The van der Waals surface area contributed by atoms with Gasteiger partial charge < -0.3 is 10.8 Å². The Balaban J connectivity index is 0. The molecule has 0 aliphatic heterocycles. The van der Waals surface area contributed by atoms with Crippen LogP contribution in [0.1, 0.15) is 20.8 Å². The monoisotopic (exact) mass is 119 g/mol. The second kappa shape index (κ2) is 6.43. The summed E-state index contributed by atoms with van der Waals surface area (Å²) >= 11 is 0. The summed E-state index contributed by atoms with van der Waals surface area (Å²) in [5.41, 5.74) is 4.84. The highest BCUT2D eigenvalue weighted by molar-refractivity contribution is 5.72. The zero-order valence-electron chi connectivity index (χ0n) is 5.51. The van der Waals surface area contributed by atoms with Crippen molar-refractivity contribution in [3.63, 3.8) is 0 Å². The SMILES string of the molecule is CC.CC(N)C(=O)O. The number of hydrogen-bond acceptors (Lipinski definition) is 2. The third-order valence-corrected chi connectivity index (χ3v) is 0.390. The molecule has 0 aliphatic carbocycles. The largest absolute Gasteiger partial charge is 0.480 e. The van der Waals surface area contributed by atoms with Crippen molar-refractivity contribution in [1.29, 1.82) is 0 Å². The minimum atomic E-state index is -0.963. The Bertz CT molecular complexity index is 61.4. The lowest BCUT2D eigenvalue weighted by Gasteiger charge is -1.90. The van der Waals surface area contributed by atoms with Gasteiger partial charge in [0.1, 0.15) is 6.04 Å². The Labute approximate surface area is 49.5 Å². The second-order valence-electron chi connectivity index (χ2n) is 1.13. The van der Waals surface area contributed by atoms with Crippen LogP contribution in [-0.4, -0.2) is 17.1 Å². The molecule has 0 heterocycles. The van der Waals surface area contributed by atoms with Crippen LogP contribution in [0.25, 0.3) is 0 Å². The fourth-order valence-electron chi connectivity index (χ4n) is 0. The Kier molecular flexibility index (Phi) is 8.37. The van der Waals surface area contributed by atoms with Gasteiger partial charge in [0, 0.05) is 0 Å². The van der Waals surface area contributed by atoms with Crippen LogP contribution in [0.15, 0.2) is 0 Å². The van der Waals surface area contributed by atoms with Crippen LogP contribution in [0.2, 0.25) is 0 Å². The van der Waals surface area contributed by atoms with Crippen molar-refractivity contribution in [3.05, 3.63) is 0 Å². The van der Waals surface area contributed by atoms with Crippen LogP contribution in [0.4, 0.5) is 0 Å². The third-order valence-electron chi connectivity index (χ3n) is 0.390. The fourth-order valence-corrected chi connectivity index (χ4v) is 0. The highest BCUT2D eigenvalue weighted by Crippen LogP contribution is 1.68. The van der Waals surface area contributed by atoms with Crippen molar-refractivity contribution >= 4 is 5.97 Å². The van der Waals surface area contributed by atoms with Gasteiger partial charge in [0.05, 0.1) is 0 Å². The van der Waals surface area contributed by atoms with E-state index in [4.69, 9.17) is 10.8 Å². The van der Waals surface area contributed by atoms with E-state index in [0.717, 1.165) is 0 Å². The summed E-state index contributed by atoms with van der Waals surface area (Å²) in [6.07, 6.45) is 0. The molecule has 0 aromatic rings. The molecule has 0 saturated carbocycles. The van der Waals surface area contributed by atoms with Crippen LogP contribution in [0.3, 0.4) is 0 Å². The van der Waals surface area contributed by atoms with E-state index in [1.165, 1.54) is 6.92 Å². The summed E-state index contributed by atoms with van der Waals surface area (Å²) in [6.45, 7) is 5.42. The molecular weight excluding hydrogens is 106 g/mol. The van der Waals surface area contributed by atoms with Crippen molar-refractivity contribution in [2.24, 2.45) is 5.73 Å². The summed E-state index contributed by atoms with van der Waals surface area (Å²) in [5.74, 6) is -0.963. The van der Waals surface area contributed by atoms with Gasteiger partial charge in [0.25, 0.3) is 0 Å². The van der Waals surface area contributed by atoms with Crippen LogP contribution in [0, 0.1) is 0 Å². The molecule has 1 atom stereocenters. The van der Waals surface area contributed by atoms with Gasteiger partial charge >= 0.3 is 5.97 Å². The van der Waals surface area contributed by atoms with Gasteiger partial charge in [0.2, 0.25) is 0 Å². The molecule has 3 N–H and O–H groups in total. The van der Waals surface area contributed by atoms with E-state index in [0.29, 0.717) is 0 Å². The zero-order valence-corrected chi connectivity index (χ0v) is 5.51. The van der Waals surface area contributed by atoms with E-state index >= 15 is 0 Å². The molecule has 0 radical (unpaired) electrons. The minimum Gasteiger partial charge on any atom is -0.480 e. The number of rotatable bonds is 1. The van der Waals surface area contributed by atoms with Crippen LogP contribution >= 0.6 is 0 Å². The summed E-state index contributed by atoms with van der Waals surface area (Å²) in [7, 11) is 0. The molecule has 0 bridgehead atoms. The average molecular weight is 119 g/mol. The van der Waals surface area contributed by atoms with E-state index in [2.05, 4.69) is 0 Å². The van der Waals surface area contributed by atoms with E-state index in [1.54, 1.807) is 0 Å². The van der Waals surface area contributed by atoms with Gasteiger partial charge in [-0.05, 0) is 6.92 Å². The molecule has 0 saturated heterocycles. The van der Waals surface area contributed by atoms with Crippen molar-refractivity contribution < 1.29 is 9.90 Å². The van der Waals surface area contributed by atoms with Crippen LogP contribution in [-0.2, 0) is 4.79 Å². The Morgan fingerprint density at radius 1 is 1.62 bits per heavy atom. The molecule has 3 nitrogen and oxygen atoms in total. The van der Waals surface area contributed by atoms with Crippen molar-refractivity contribution in [3.8, 4) is 0 Å². The molecule has 0 fully saturated rings. The molecule has 0 rings (SSSR count). The summed E-state index contributed by atoms with van der Waals surface area (Å²) in [4.78, 5) is 9.57. The first-order valence-electron chi connectivity index (χ1n) is 2.63. The highest BCUT2D eigenvalue weighted by atomic mass is 16.4. The van der Waals surface area contributed by atoms with E-state index < -0.39 is 12.0 Å². The van der Waals surface area contributed by atoms with Gasteiger partial charge in [-0.1, -0.05) is 13.8 Å². The maximum absolute atomic E-state index is 9.57.